The normalized spacial score (nSPS) is 10.6. The van der Waals surface area contributed by atoms with Crippen molar-refractivity contribution >= 4 is 55.7 Å². The lowest BCUT2D eigenvalue weighted by Gasteiger charge is -2.14. The summed E-state index contributed by atoms with van der Waals surface area (Å²) in [6, 6.07) is 21.5. The highest BCUT2D eigenvalue weighted by Crippen LogP contribution is 2.39. The maximum absolute atomic E-state index is 12.2. The van der Waals surface area contributed by atoms with Crippen molar-refractivity contribution in [3.8, 4) is 46.0 Å². The number of hydrogen-bond acceptors (Lipinski definition) is 13. The van der Waals surface area contributed by atoms with E-state index in [4.69, 9.17) is 34.2 Å². The van der Waals surface area contributed by atoms with Gasteiger partial charge in [0.05, 0.1) is 39.5 Å². The highest BCUT2D eigenvalue weighted by Gasteiger charge is 2.14. The average Bonchev–Trinajstić information content (AvgIpc) is 3.60. The van der Waals surface area contributed by atoms with Gasteiger partial charge in [0.25, 0.3) is 0 Å². The molecule has 15 heteroatoms. The Kier molecular flexibility index (Phi) is 11.6. The van der Waals surface area contributed by atoms with Crippen molar-refractivity contribution in [3.05, 3.63) is 101 Å². The summed E-state index contributed by atoms with van der Waals surface area (Å²) in [4.78, 5) is 21.0. The first-order valence-electron chi connectivity index (χ1n) is 16.8. The first-order chi connectivity index (χ1) is 26.6. The van der Waals surface area contributed by atoms with Crippen molar-refractivity contribution in [1.82, 2.24) is 20.2 Å². The SMILES string of the molecule is COc1cc2nccc(Oc3ccc(N)c(C)c3)c2cc1OC.COc1cc2nccc(Oc3ccc(NC(=O)Nc4nnc(C)s4)c(C)c3)c2cc1OC. The van der Waals surface area contributed by atoms with Crippen LogP contribution in [-0.2, 0) is 0 Å². The number of carbonyl (C=O) groups is 1. The molecule has 0 saturated carbocycles. The number of aryl methyl sites for hydroxylation is 3. The van der Waals surface area contributed by atoms with Gasteiger partial charge in [-0.15, -0.1) is 10.2 Å². The van der Waals surface area contributed by atoms with Gasteiger partial charge in [-0.2, -0.15) is 0 Å². The van der Waals surface area contributed by atoms with Gasteiger partial charge in [0.15, 0.2) is 23.0 Å². The van der Waals surface area contributed by atoms with Crippen molar-refractivity contribution in [3.63, 3.8) is 0 Å². The zero-order valence-electron chi connectivity index (χ0n) is 31.2. The molecule has 0 atom stereocenters. The van der Waals surface area contributed by atoms with Crippen LogP contribution in [0.2, 0.25) is 0 Å². The molecule has 14 nitrogen and oxygen atoms in total. The molecule has 0 radical (unpaired) electrons. The summed E-state index contributed by atoms with van der Waals surface area (Å²) in [5.41, 5.74) is 10.5. The van der Waals surface area contributed by atoms with Crippen LogP contribution in [0.4, 0.5) is 21.3 Å². The van der Waals surface area contributed by atoms with Gasteiger partial charge in [-0.05, 0) is 92.6 Å². The largest absolute Gasteiger partial charge is 0.493 e. The quantitative estimate of drug-likeness (QED) is 0.113. The van der Waals surface area contributed by atoms with E-state index in [2.05, 4.69) is 30.8 Å². The van der Waals surface area contributed by atoms with Crippen LogP contribution in [0.25, 0.3) is 21.8 Å². The third-order valence-corrected chi connectivity index (χ3v) is 9.06. The minimum atomic E-state index is -0.390. The number of nitrogen functional groups attached to an aromatic ring is 1. The van der Waals surface area contributed by atoms with Crippen molar-refractivity contribution in [2.45, 2.75) is 20.8 Å². The first kappa shape index (κ1) is 37.9. The molecule has 7 rings (SSSR count). The molecule has 0 aliphatic rings. The summed E-state index contributed by atoms with van der Waals surface area (Å²) in [6.07, 6.45) is 3.37. The molecular weight excluding hydrogens is 723 g/mol. The van der Waals surface area contributed by atoms with Gasteiger partial charge < -0.3 is 39.5 Å². The number of nitrogens with zero attached hydrogens (tertiary/aromatic N) is 4. The molecule has 0 aliphatic heterocycles. The number of hydrogen-bond donors (Lipinski definition) is 3. The van der Waals surface area contributed by atoms with Gasteiger partial charge in [0.1, 0.15) is 28.0 Å². The fourth-order valence-corrected chi connectivity index (χ4v) is 6.06. The Morgan fingerprint density at radius 2 is 1.11 bits per heavy atom. The fraction of sp³-hybridized carbons (Fsp3) is 0.175. The van der Waals surface area contributed by atoms with Crippen LogP contribution in [0.1, 0.15) is 16.1 Å². The average molecular weight is 762 g/mol. The first-order valence-corrected chi connectivity index (χ1v) is 17.6. The zero-order valence-corrected chi connectivity index (χ0v) is 32.0. The lowest BCUT2D eigenvalue weighted by Crippen LogP contribution is -2.19. The number of pyridine rings is 2. The molecule has 7 aromatic rings. The fourth-order valence-electron chi connectivity index (χ4n) is 5.48. The Hall–Kier alpha value is -6.87. The van der Waals surface area contributed by atoms with E-state index >= 15 is 0 Å². The number of nitrogens with one attached hydrogen (secondary N) is 2. The molecule has 3 heterocycles. The van der Waals surface area contributed by atoms with Crippen LogP contribution in [0.15, 0.2) is 85.2 Å². The molecule has 55 heavy (non-hydrogen) atoms. The summed E-state index contributed by atoms with van der Waals surface area (Å²) in [6.45, 7) is 5.65. The van der Waals surface area contributed by atoms with Crippen molar-refractivity contribution in [2.75, 3.05) is 44.8 Å². The Morgan fingerprint density at radius 3 is 1.58 bits per heavy atom. The van der Waals surface area contributed by atoms with Gasteiger partial charge in [0, 0.05) is 46.7 Å². The maximum Gasteiger partial charge on any atom is 0.325 e. The second-order valence-electron chi connectivity index (χ2n) is 12.0. The number of fused-ring (bicyclic) bond motifs is 2. The van der Waals surface area contributed by atoms with E-state index in [0.717, 1.165) is 49.4 Å². The highest BCUT2D eigenvalue weighted by molar-refractivity contribution is 7.15. The monoisotopic (exact) mass is 761 g/mol. The Bertz CT molecular complexity index is 2490. The molecule has 0 saturated heterocycles. The maximum atomic E-state index is 12.2. The summed E-state index contributed by atoms with van der Waals surface area (Å²) in [5.74, 6) is 5.11. The lowest BCUT2D eigenvalue weighted by molar-refractivity contribution is 0.262. The van der Waals surface area contributed by atoms with E-state index in [1.165, 1.54) is 11.3 Å². The molecule has 0 fully saturated rings. The van der Waals surface area contributed by atoms with Crippen molar-refractivity contribution < 1.29 is 33.2 Å². The van der Waals surface area contributed by atoms with Crippen molar-refractivity contribution in [2.24, 2.45) is 0 Å². The second kappa shape index (κ2) is 16.9. The predicted octanol–water partition coefficient (Wildman–Crippen LogP) is 9.09. The number of amides is 2. The minimum absolute atomic E-state index is 0.390. The third-order valence-electron chi connectivity index (χ3n) is 8.30. The van der Waals surface area contributed by atoms with Crippen LogP contribution in [0.5, 0.6) is 46.0 Å². The molecule has 0 aliphatic carbocycles. The second-order valence-corrected chi connectivity index (χ2v) is 13.2. The van der Waals surface area contributed by atoms with Crippen LogP contribution in [0.3, 0.4) is 0 Å². The van der Waals surface area contributed by atoms with Crippen molar-refractivity contribution in [1.29, 1.82) is 0 Å². The standard InChI is InChI=1S/C22H21N5O4S.C18H18N2O3/c1-12-9-14(5-6-16(12)24-21(28)25-22-27-26-13(2)32-22)31-18-7-8-23-17-11-20(30-4)19(29-3)10-15(17)18;1-11-8-12(4-5-14(11)19)23-16-6-7-20-15-10-18(22-3)17(21-2)9-13(15)16/h5-11H,1-4H3,(H2,24,25,27,28);4-10H,19H2,1-3H3. The van der Waals surface area contributed by atoms with E-state index in [9.17, 15) is 4.79 Å². The Labute approximate surface area is 321 Å². The number of aromatic nitrogens is 4. The molecular formula is C40H39N7O7S. The van der Waals surface area contributed by atoms with Gasteiger partial charge in [-0.1, -0.05) is 11.3 Å². The van der Waals surface area contributed by atoms with Gasteiger partial charge >= 0.3 is 6.03 Å². The molecule has 3 aromatic heterocycles. The van der Waals surface area contributed by atoms with Gasteiger partial charge in [-0.25, -0.2) is 4.79 Å². The Morgan fingerprint density at radius 1 is 0.600 bits per heavy atom. The minimum Gasteiger partial charge on any atom is -0.493 e. The van der Waals surface area contributed by atoms with Gasteiger partial charge in [-0.3, -0.25) is 15.3 Å². The third kappa shape index (κ3) is 8.85. The van der Waals surface area contributed by atoms with E-state index in [0.29, 0.717) is 51.1 Å². The molecule has 0 spiro atoms. The number of ether oxygens (including phenoxy) is 6. The van der Waals surface area contributed by atoms with Crippen LogP contribution >= 0.6 is 11.3 Å². The number of nitrogens with two attached hydrogens (primary N) is 1. The highest BCUT2D eigenvalue weighted by atomic mass is 32.1. The topological polar surface area (TPSA) is 174 Å². The number of carbonyl (C=O) groups excluding carboxylic acids is 1. The molecule has 0 unspecified atom stereocenters. The number of benzene rings is 4. The summed E-state index contributed by atoms with van der Waals surface area (Å²) < 4.78 is 33.6. The molecule has 4 aromatic carbocycles. The number of rotatable bonds is 10. The van der Waals surface area contributed by atoms with Crippen LogP contribution < -0.4 is 44.8 Å². The number of urea groups is 1. The smallest absolute Gasteiger partial charge is 0.325 e. The lowest BCUT2D eigenvalue weighted by atomic mass is 10.1. The molecule has 0 bridgehead atoms. The van der Waals surface area contributed by atoms with E-state index in [1.807, 2.05) is 69.3 Å². The molecule has 282 valence electrons. The summed E-state index contributed by atoms with van der Waals surface area (Å²) in [7, 11) is 6.36. The van der Waals surface area contributed by atoms with Crippen LogP contribution in [0, 0.1) is 20.8 Å². The van der Waals surface area contributed by atoms with E-state index in [-0.39, 0.29) is 6.03 Å². The molecule has 2 amide bonds. The predicted molar refractivity (Wildman–Crippen MR) is 214 cm³/mol. The molecule has 4 N–H and O–H groups in total. The summed E-state index contributed by atoms with van der Waals surface area (Å²) >= 11 is 1.30. The number of methoxy groups -OCH3 is 4. The number of anilines is 3. The van der Waals surface area contributed by atoms with Crippen LogP contribution in [-0.4, -0.2) is 54.6 Å². The van der Waals surface area contributed by atoms with Gasteiger partial charge in [0.2, 0.25) is 5.13 Å². The zero-order chi connectivity index (χ0) is 39.1. The van der Waals surface area contributed by atoms with E-state index < -0.39 is 0 Å². The summed E-state index contributed by atoms with van der Waals surface area (Å²) in [5, 5.41) is 16.1. The van der Waals surface area contributed by atoms with E-state index in [1.54, 1.807) is 65.1 Å². The Balaban J connectivity index is 0.000000197.